The number of amides is 4. The third-order valence-corrected chi connectivity index (χ3v) is 6.83. The number of ether oxygens (including phenoxy) is 1. The number of methoxy groups -OCH3 is 1. The first kappa shape index (κ1) is 21.2. The van der Waals surface area contributed by atoms with E-state index in [0.717, 1.165) is 17.0 Å². The summed E-state index contributed by atoms with van der Waals surface area (Å²) in [5, 5.41) is 2.70. The van der Waals surface area contributed by atoms with Gasteiger partial charge in [0.2, 0.25) is 5.91 Å². The summed E-state index contributed by atoms with van der Waals surface area (Å²) in [6, 6.07) is 10.8. The Hall–Kier alpha value is -3.62. The van der Waals surface area contributed by atoms with Crippen molar-refractivity contribution < 1.29 is 19.1 Å². The number of carbonyl (C=O) groups excluding carboxylic acids is 3. The number of hydrogen-bond acceptors (Lipinski definition) is 5. The molecule has 2 saturated heterocycles. The molecule has 172 valence electrons. The molecule has 1 aromatic carbocycles. The zero-order chi connectivity index (χ0) is 23.1. The fourth-order valence-electron chi connectivity index (χ4n) is 5.23. The minimum Gasteiger partial charge on any atom is -0.497 e. The highest BCUT2D eigenvalue weighted by Gasteiger charge is 2.40. The van der Waals surface area contributed by atoms with Crippen molar-refractivity contribution in [1.82, 2.24) is 14.8 Å². The maximum Gasteiger partial charge on any atom is 0.329 e. The third kappa shape index (κ3) is 3.88. The van der Waals surface area contributed by atoms with Gasteiger partial charge in [-0.3, -0.25) is 14.4 Å². The Balaban J connectivity index is 1.21. The SMILES string of the molecule is COc1ccc(N2C(=O)N[C@@H](CCC(=O)N3CC4CC(C3)c3cccc(=O)n3C4)C2=O)cc1. The number of benzene rings is 1. The van der Waals surface area contributed by atoms with Gasteiger partial charge in [0.15, 0.2) is 0 Å². The van der Waals surface area contributed by atoms with Crippen molar-refractivity contribution >= 4 is 23.5 Å². The lowest BCUT2D eigenvalue weighted by Gasteiger charge is -2.42. The molecule has 3 aliphatic heterocycles. The molecule has 5 rings (SSSR count). The van der Waals surface area contributed by atoms with Crippen LogP contribution >= 0.6 is 0 Å². The molecule has 2 bridgehead atoms. The Morgan fingerprint density at radius 2 is 1.85 bits per heavy atom. The molecule has 9 heteroatoms. The fourth-order valence-corrected chi connectivity index (χ4v) is 5.23. The van der Waals surface area contributed by atoms with Gasteiger partial charge >= 0.3 is 6.03 Å². The smallest absolute Gasteiger partial charge is 0.329 e. The van der Waals surface area contributed by atoms with E-state index in [1.165, 1.54) is 0 Å². The van der Waals surface area contributed by atoms with Gasteiger partial charge < -0.3 is 19.5 Å². The molecular weight excluding hydrogens is 424 g/mol. The number of anilines is 1. The van der Waals surface area contributed by atoms with Crippen LogP contribution in [-0.4, -0.2) is 53.6 Å². The molecule has 0 spiro atoms. The van der Waals surface area contributed by atoms with Gasteiger partial charge in [-0.2, -0.15) is 0 Å². The van der Waals surface area contributed by atoms with Crippen molar-refractivity contribution in [2.45, 2.75) is 37.8 Å². The number of nitrogens with one attached hydrogen (secondary N) is 1. The second-order valence-electron chi connectivity index (χ2n) is 8.91. The molecule has 4 heterocycles. The average molecular weight is 450 g/mol. The summed E-state index contributed by atoms with van der Waals surface area (Å²) in [5.74, 6) is 0.641. The number of carbonyl (C=O) groups is 3. The van der Waals surface area contributed by atoms with E-state index in [1.807, 2.05) is 15.5 Å². The van der Waals surface area contributed by atoms with E-state index in [1.54, 1.807) is 43.5 Å². The molecule has 2 fully saturated rings. The van der Waals surface area contributed by atoms with Crippen molar-refractivity contribution in [3.63, 3.8) is 0 Å². The number of rotatable bonds is 5. The Labute approximate surface area is 190 Å². The van der Waals surface area contributed by atoms with E-state index in [0.29, 0.717) is 31.1 Å². The lowest BCUT2D eigenvalue weighted by Crippen LogP contribution is -2.49. The van der Waals surface area contributed by atoms with Gasteiger partial charge in [-0.1, -0.05) is 6.07 Å². The van der Waals surface area contributed by atoms with Gasteiger partial charge in [0.25, 0.3) is 11.5 Å². The number of urea groups is 1. The van der Waals surface area contributed by atoms with Crippen LogP contribution in [0.4, 0.5) is 10.5 Å². The second kappa shape index (κ2) is 8.38. The molecular formula is C24H26N4O5. The van der Waals surface area contributed by atoms with Gasteiger partial charge in [0.05, 0.1) is 12.8 Å². The highest BCUT2D eigenvalue weighted by Crippen LogP contribution is 2.35. The quantitative estimate of drug-likeness (QED) is 0.699. The van der Waals surface area contributed by atoms with E-state index in [4.69, 9.17) is 4.74 Å². The Bertz CT molecular complexity index is 1160. The Kier molecular flexibility index (Phi) is 5.39. The van der Waals surface area contributed by atoms with Crippen LogP contribution in [-0.2, 0) is 16.1 Å². The number of nitrogens with zero attached hydrogens (tertiary/aromatic N) is 3. The maximum atomic E-state index is 13.0. The van der Waals surface area contributed by atoms with Crippen molar-refractivity contribution in [1.29, 1.82) is 0 Å². The fraction of sp³-hybridized carbons (Fsp3) is 0.417. The van der Waals surface area contributed by atoms with Crippen LogP contribution < -0.4 is 20.5 Å². The molecule has 4 amide bonds. The van der Waals surface area contributed by atoms with Crippen LogP contribution in [0, 0.1) is 5.92 Å². The van der Waals surface area contributed by atoms with Gasteiger partial charge in [0, 0.05) is 43.7 Å². The summed E-state index contributed by atoms with van der Waals surface area (Å²) < 4.78 is 6.95. The number of likely N-dealkylation sites (tertiary alicyclic amines) is 1. The topological polar surface area (TPSA) is 101 Å². The summed E-state index contributed by atoms with van der Waals surface area (Å²) >= 11 is 0. The molecule has 1 N–H and O–H groups in total. The number of imide groups is 1. The summed E-state index contributed by atoms with van der Waals surface area (Å²) in [4.78, 5) is 53.4. The van der Waals surface area contributed by atoms with E-state index >= 15 is 0 Å². The molecule has 3 aliphatic rings. The largest absolute Gasteiger partial charge is 0.497 e. The van der Waals surface area contributed by atoms with Crippen LogP contribution in [0.25, 0.3) is 0 Å². The van der Waals surface area contributed by atoms with Crippen LogP contribution in [0.1, 0.15) is 30.9 Å². The van der Waals surface area contributed by atoms with E-state index < -0.39 is 12.1 Å². The Morgan fingerprint density at radius 1 is 1.06 bits per heavy atom. The highest BCUT2D eigenvalue weighted by molar-refractivity contribution is 6.21. The number of hydrogen-bond donors (Lipinski definition) is 1. The van der Waals surface area contributed by atoms with Crippen molar-refractivity contribution in [3.8, 4) is 5.75 Å². The van der Waals surface area contributed by atoms with E-state index in [9.17, 15) is 19.2 Å². The predicted molar refractivity (Wildman–Crippen MR) is 120 cm³/mol. The summed E-state index contributed by atoms with van der Waals surface area (Å²) in [6.45, 7) is 1.81. The minimum absolute atomic E-state index is 0.0129. The molecule has 9 nitrogen and oxygen atoms in total. The molecule has 3 atom stereocenters. The molecule has 2 aromatic rings. The number of pyridine rings is 1. The first-order valence-electron chi connectivity index (χ1n) is 11.2. The van der Waals surface area contributed by atoms with Crippen LogP contribution in [0.2, 0.25) is 0 Å². The van der Waals surface area contributed by atoms with E-state index in [-0.39, 0.29) is 42.1 Å². The average Bonchev–Trinajstić information content (AvgIpc) is 3.11. The van der Waals surface area contributed by atoms with Crippen molar-refractivity contribution in [3.05, 3.63) is 58.5 Å². The molecule has 0 aliphatic carbocycles. The third-order valence-electron chi connectivity index (χ3n) is 6.83. The van der Waals surface area contributed by atoms with Crippen molar-refractivity contribution in [2.75, 3.05) is 25.1 Å². The highest BCUT2D eigenvalue weighted by atomic mass is 16.5. The number of aromatic nitrogens is 1. The van der Waals surface area contributed by atoms with Gasteiger partial charge in [-0.25, -0.2) is 9.69 Å². The monoisotopic (exact) mass is 450 g/mol. The molecule has 0 saturated carbocycles. The van der Waals surface area contributed by atoms with Crippen LogP contribution in [0.3, 0.4) is 0 Å². The molecule has 1 aromatic heterocycles. The first-order chi connectivity index (χ1) is 15.9. The van der Waals surface area contributed by atoms with Crippen LogP contribution in [0.5, 0.6) is 5.75 Å². The normalized spacial score (nSPS) is 23.8. The standard InChI is InChI=1S/C24H26N4O5/c1-33-18-7-5-17(6-8-18)28-23(31)19(25-24(28)32)9-10-21(29)26-12-15-11-16(14-26)20-3-2-4-22(30)27(20)13-15/h2-8,15-16,19H,9-14H2,1H3,(H,25,32)/t15?,16?,19-/m0/s1. The zero-order valence-electron chi connectivity index (χ0n) is 18.4. The Morgan fingerprint density at radius 3 is 2.61 bits per heavy atom. The van der Waals surface area contributed by atoms with E-state index in [2.05, 4.69) is 5.32 Å². The maximum absolute atomic E-state index is 13.0. The summed E-state index contributed by atoms with van der Waals surface area (Å²) in [5.41, 5.74) is 1.47. The van der Waals surface area contributed by atoms with Gasteiger partial charge in [-0.05, 0) is 49.1 Å². The van der Waals surface area contributed by atoms with Crippen molar-refractivity contribution in [2.24, 2.45) is 5.92 Å². The summed E-state index contributed by atoms with van der Waals surface area (Å²) in [6.07, 6.45) is 1.40. The van der Waals surface area contributed by atoms with Gasteiger partial charge in [0.1, 0.15) is 11.8 Å². The summed E-state index contributed by atoms with van der Waals surface area (Å²) in [7, 11) is 1.55. The zero-order valence-corrected chi connectivity index (χ0v) is 18.4. The lowest BCUT2D eigenvalue weighted by atomic mass is 9.83. The second-order valence-corrected chi connectivity index (χ2v) is 8.91. The predicted octanol–water partition coefficient (Wildman–Crippen LogP) is 1.71. The number of fused-ring (bicyclic) bond motifs is 4. The molecule has 2 unspecified atom stereocenters. The number of piperidine rings is 1. The van der Waals surface area contributed by atoms with Crippen LogP contribution in [0.15, 0.2) is 47.3 Å². The minimum atomic E-state index is -0.729. The molecule has 0 radical (unpaired) electrons. The lowest BCUT2D eigenvalue weighted by molar-refractivity contribution is -0.134. The van der Waals surface area contributed by atoms with Gasteiger partial charge in [-0.15, -0.1) is 0 Å². The first-order valence-corrected chi connectivity index (χ1v) is 11.2. The molecule has 33 heavy (non-hydrogen) atoms.